The lowest BCUT2D eigenvalue weighted by Gasteiger charge is -2.22. The molecule has 0 spiro atoms. The zero-order chi connectivity index (χ0) is 23.3. The molecule has 0 aliphatic carbocycles. The summed E-state index contributed by atoms with van der Waals surface area (Å²) in [5.41, 5.74) is -0.345. The highest BCUT2D eigenvalue weighted by Gasteiger charge is 2.36. The summed E-state index contributed by atoms with van der Waals surface area (Å²) in [4.78, 5) is 19.3. The predicted molar refractivity (Wildman–Crippen MR) is 114 cm³/mol. The van der Waals surface area contributed by atoms with Crippen molar-refractivity contribution in [1.29, 1.82) is 0 Å². The van der Waals surface area contributed by atoms with Gasteiger partial charge in [0, 0.05) is 36.8 Å². The number of rotatable bonds is 8. The minimum absolute atomic E-state index is 0.0380. The van der Waals surface area contributed by atoms with Crippen molar-refractivity contribution in [3.05, 3.63) is 70.4 Å². The van der Waals surface area contributed by atoms with E-state index in [9.17, 15) is 23.3 Å². The van der Waals surface area contributed by atoms with Crippen LogP contribution in [0.5, 0.6) is 5.75 Å². The Hall–Kier alpha value is -3.89. The van der Waals surface area contributed by atoms with Gasteiger partial charge in [-0.3, -0.25) is 10.1 Å². The first-order valence-corrected chi connectivity index (χ1v) is 9.61. The number of anilines is 4. The second kappa shape index (κ2) is 9.50. The Bertz CT molecular complexity index is 1070. The third kappa shape index (κ3) is 5.42. The zero-order valence-electron chi connectivity index (χ0n) is 17.3. The van der Waals surface area contributed by atoms with Crippen LogP contribution in [0.4, 0.5) is 42.0 Å². The van der Waals surface area contributed by atoms with Crippen LogP contribution < -0.4 is 15.0 Å². The lowest BCUT2D eigenvalue weighted by atomic mass is 10.2. The summed E-state index contributed by atoms with van der Waals surface area (Å²) in [5.74, 6) is 0.236. The van der Waals surface area contributed by atoms with Crippen molar-refractivity contribution in [1.82, 2.24) is 9.97 Å². The van der Waals surface area contributed by atoms with Gasteiger partial charge in [-0.15, -0.1) is 0 Å². The molecule has 0 aliphatic rings. The van der Waals surface area contributed by atoms with E-state index in [-0.39, 0.29) is 11.6 Å². The molecule has 0 unspecified atom stereocenters. The maximum absolute atomic E-state index is 13.6. The third-order valence-corrected chi connectivity index (χ3v) is 4.42. The Labute approximate surface area is 181 Å². The first kappa shape index (κ1) is 22.8. The van der Waals surface area contributed by atoms with E-state index in [0.717, 1.165) is 6.42 Å². The summed E-state index contributed by atoms with van der Waals surface area (Å²) in [5, 5.41) is 13.7. The Kier molecular flexibility index (Phi) is 6.76. The second-order valence-electron chi connectivity index (χ2n) is 6.76. The van der Waals surface area contributed by atoms with Gasteiger partial charge in [0.25, 0.3) is 5.69 Å². The van der Waals surface area contributed by atoms with Crippen LogP contribution in [0.1, 0.15) is 18.9 Å². The molecule has 1 aromatic heterocycles. The zero-order valence-corrected chi connectivity index (χ0v) is 17.3. The van der Waals surface area contributed by atoms with E-state index in [1.165, 1.54) is 36.2 Å². The fourth-order valence-corrected chi connectivity index (χ4v) is 2.79. The molecular weight excluding hydrogens is 427 g/mol. The monoisotopic (exact) mass is 447 g/mol. The molecule has 0 bridgehead atoms. The number of benzene rings is 2. The van der Waals surface area contributed by atoms with E-state index in [1.54, 1.807) is 24.3 Å². The minimum Gasteiger partial charge on any atom is -0.494 e. The van der Waals surface area contributed by atoms with Crippen molar-refractivity contribution < 1.29 is 22.8 Å². The van der Waals surface area contributed by atoms with Gasteiger partial charge in [-0.25, -0.2) is 4.98 Å². The number of alkyl halides is 3. The van der Waals surface area contributed by atoms with Crippen LogP contribution in [0, 0.1) is 10.1 Å². The maximum atomic E-state index is 13.6. The van der Waals surface area contributed by atoms with Gasteiger partial charge in [-0.1, -0.05) is 6.92 Å². The lowest BCUT2D eigenvalue weighted by molar-refractivity contribution is -0.384. The molecule has 0 fully saturated rings. The third-order valence-electron chi connectivity index (χ3n) is 4.42. The molecule has 0 saturated heterocycles. The van der Waals surface area contributed by atoms with Crippen LogP contribution in [0.25, 0.3) is 0 Å². The van der Waals surface area contributed by atoms with E-state index in [2.05, 4.69) is 15.3 Å². The van der Waals surface area contributed by atoms with Gasteiger partial charge in [-0.2, -0.15) is 18.2 Å². The highest BCUT2D eigenvalue weighted by atomic mass is 19.4. The van der Waals surface area contributed by atoms with Crippen molar-refractivity contribution in [2.75, 3.05) is 23.9 Å². The SMILES string of the molecule is CCCOc1ccc(Nc2ncc(C(F)(F)F)c(N(C)c3ccc([N+](=O)[O-])cc3)n2)cc1. The van der Waals surface area contributed by atoms with Crippen molar-refractivity contribution in [2.24, 2.45) is 0 Å². The summed E-state index contributed by atoms with van der Waals surface area (Å²) >= 11 is 0. The molecule has 1 heterocycles. The minimum atomic E-state index is -4.69. The highest BCUT2D eigenvalue weighted by Crippen LogP contribution is 2.38. The summed E-state index contributed by atoms with van der Waals surface area (Å²) in [6.07, 6.45) is -3.13. The van der Waals surface area contributed by atoms with Crippen LogP contribution in [-0.2, 0) is 6.18 Å². The second-order valence-corrected chi connectivity index (χ2v) is 6.76. The first-order chi connectivity index (χ1) is 15.2. The summed E-state index contributed by atoms with van der Waals surface area (Å²) in [6, 6.07) is 12.0. The molecule has 0 saturated carbocycles. The van der Waals surface area contributed by atoms with Gasteiger partial charge in [0.15, 0.2) is 5.82 Å². The molecule has 0 aliphatic heterocycles. The van der Waals surface area contributed by atoms with Gasteiger partial charge in [0.05, 0.1) is 11.5 Å². The van der Waals surface area contributed by atoms with Crippen LogP contribution in [-0.4, -0.2) is 28.5 Å². The van der Waals surface area contributed by atoms with Crippen molar-refractivity contribution >= 4 is 28.8 Å². The normalized spacial score (nSPS) is 11.2. The van der Waals surface area contributed by atoms with E-state index in [1.807, 2.05) is 6.92 Å². The van der Waals surface area contributed by atoms with Crippen molar-refractivity contribution in [3.63, 3.8) is 0 Å². The molecule has 32 heavy (non-hydrogen) atoms. The number of halogens is 3. The molecule has 0 radical (unpaired) electrons. The van der Waals surface area contributed by atoms with Gasteiger partial charge in [0.1, 0.15) is 11.3 Å². The molecular formula is C21H20F3N5O3. The molecule has 168 valence electrons. The topological polar surface area (TPSA) is 93.4 Å². The Morgan fingerprint density at radius 3 is 2.34 bits per heavy atom. The highest BCUT2D eigenvalue weighted by molar-refractivity contribution is 5.66. The molecule has 0 amide bonds. The number of nitrogens with zero attached hydrogens (tertiary/aromatic N) is 4. The smallest absolute Gasteiger partial charge is 0.421 e. The largest absolute Gasteiger partial charge is 0.494 e. The fraction of sp³-hybridized carbons (Fsp3) is 0.238. The molecule has 1 N–H and O–H groups in total. The number of nitrogens with one attached hydrogen (secondary N) is 1. The molecule has 3 aromatic rings. The number of non-ortho nitro benzene ring substituents is 1. The van der Waals surface area contributed by atoms with E-state index in [0.29, 0.717) is 29.9 Å². The molecule has 8 nitrogen and oxygen atoms in total. The number of nitro benzene ring substituents is 1. The molecule has 3 rings (SSSR count). The number of hydrogen-bond acceptors (Lipinski definition) is 7. The molecule has 2 aromatic carbocycles. The predicted octanol–water partition coefficient (Wildman–Crippen LogP) is 5.70. The summed E-state index contributed by atoms with van der Waals surface area (Å²) < 4.78 is 46.2. The average Bonchev–Trinajstić information content (AvgIpc) is 2.77. The van der Waals surface area contributed by atoms with Gasteiger partial charge >= 0.3 is 6.18 Å². The van der Waals surface area contributed by atoms with Crippen molar-refractivity contribution in [3.8, 4) is 5.75 Å². The Morgan fingerprint density at radius 1 is 1.12 bits per heavy atom. The number of hydrogen-bond donors (Lipinski definition) is 1. The van der Waals surface area contributed by atoms with Gasteiger partial charge in [0.2, 0.25) is 5.95 Å². The Balaban J connectivity index is 1.90. The van der Waals surface area contributed by atoms with E-state index >= 15 is 0 Å². The fourth-order valence-electron chi connectivity index (χ4n) is 2.79. The lowest BCUT2D eigenvalue weighted by Crippen LogP contribution is -2.19. The van der Waals surface area contributed by atoms with Crippen molar-refractivity contribution in [2.45, 2.75) is 19.5 Å². The number of nitro groups is 1. The quantitative estimate of drug-likeness (QED) is 0.349. The van der Waals surface area contributed by atoms with Crippen LogP contribution in [0.15, 0.2) is 54.7 Å². The number of aromatic nitrogens is 2. The average molecular weight is 447 g/mol. The van der Waals surface area contributed by atoms with E-state index < -0.39 is 22.5 Å². The van der Waals surface area contributed by atoms with Crippen LogP contribution in [0.3, 0.4) is 0 Å². The van der Waals surface area contributed by atoms with E-state index in [4.69, 9.17) is 4.74 Å². The number of ether oxygens (including phenoxy) is 1. The van der Waals surface area contributed by atoms with Crippen LogP contribution in [0.2, 0.25) is 0 Å². The first-order valence-electron chi connectivity index (χ1n) is 9.61. The van der Waals surface area contributed by atoms with Gasteiger partial charge < -0.3 is 15.0 Å². The summed E-state index contributed by atoms with van der Waals surface area (Å²) in [7, 11) is 1.39. The summed E-state index contributed by atoms with van der Waals surface area (Å²) in [6.45, 7) is 2.57. The standard InChI is InChI=1S/C21H20F3N5O3/c1-3-12-32-17-10-4-14(5-11-17)26-20-25-13-18(21(22,23)24)19(27-20)28(2)15-6-8-16(9-7-15)29(30)31/h4-11,13H,3,12H2,1-2H3,(H,25,26,27). The molecule has 11 heteroatoms. The molecule has 0 atom stereocenters. The Morgan fingerprint density at radius 2 is 1.78 bits per heavy atom. The maximum Gasteiger partial charge on any atom is 0.421 e. The van der Waals surface area contributed by atoms with Gasteiger partial charge in [-0.05, 0) is 42.8 Å². The van der Waals surface area contributed by atoms with Crippen LogP contribution >= 0.6 is 0 Å².